The van der Waals surface area contributed by atoms with Crippen molar-refractivity contribution in [2.45, 2.75) is 46.1 Å². The molecular formula is C16H21ClO2. The Morgan fingerprint density at radius 3 is 2.47 bits per heavy atom. The molecule has 1 aromatic rings. The topological polar surface area (TPSA) is 26.3 Å². The molecule has 0 unspecified atom stereocenters. The van der Waals surface area contributed by atoms with Gasteiger partial charge in [-0.1, -0.05) is 37.6 Å². The van der Waals surface area contributed by atoms with Crippen molar-refractivity contribution in [3.05, 3.63) is 40.4 Å². The molecule has 0 aliphatic rings. The third-order valence-corrected chi connectivity index (χ3v) is 2.83. The molecule has 104 valence electrons. The molecule has 0 saturated heterocycles. The number of halogens is 1. The van der Waals surface area contributed by atoms with E-state index in [1.54, 1.807) is 6.08 Å². The zero-order valence-corrected chi connectivity index (χ0v) is 12.9. The minimum absolute atomic E-state index is 0.344. The summed E-state index contributed by atoms with van der Waals surface area (Å²) in [6.07, 6.45) is 3.16. The Balaban J connectivity index is 2.96. The maximum atomic E-state index is 11.7. The van der Waals surface area contributed by atoms with Crippen LogP contribution in [0.25, 0.3) is 6.08 Å². The molecule has 0 heterocycles. The quantitative estimate of drug-likeness (QED) is 0.586. The molecule has 0 radical (unpaired) electrons. The van der Waals surface area contributed by atoms with E-state index in [1.165, 1.54) is 6.08 Å². The minimum atomic E-state index is -0.483. The maximum Gasteiger partial charge on any atom is 0.331 e. The van der Waals surface area contributed by atoms with Gasteiger partial charge in [0.15, 0.2) is 0 Å². The molecule has 0 aliphatic carbocycles. The summed E-state index contributed by atoms with van der Waals surface area (Å²) in [7, 11) is 0. The number of hydrogen-bond acceptors (Lipinski definition) is 2. The number of carbonyl (C=O) groups excluding carboxylic acids is 1. The summed E-state index contributed by atoms with van der Waals surface area (Å²) < 4.78 is 5.23. The van der Waals surface area contributed by atoms with Crippen molar-refractivity contribution >= 4 is 23.6 Å². The predicted molar refractivity (Wildman–Crippen MR) is 80.4 cm³/mol. The van der Waals surface area contributed by atoms with E-state index in [1.807, 2.05) is 39.0 Å². The van der Waals surface area contributed by atoms with Gasteiger partial charge in [-0.25, -0.2) is 4.79 Å². The number of rotatable bonds is 3. The molecule has 0 spiro atoms. The average Bonchev–Trinajstić information content (AvgIpc) is 2.24. The van der Waals surface area contributed by atoms with Gasteiger partial charge in [0.25, 0.3) is 0 Å². The van der Waals surface area contributed by atoms with E-state index in [2.05, 4.69) is 13.8 Å². The van der Waals surface area contributed by atoms with E-state index in [0.717, 1.165) is 11.1 Å². The first kappa shape index (κ1) is 15.8. The molecule has 19 heavy (non-hydrogen) atoms. The second-order valence-corrected chi connectivity index (χ2v) is 6.17. The van der Waals surface area contributed by atoms with Crippen LogP contribution in [0.2, 0.25) is 5.02 Å². The van der Waals surface area contributed by atoms with Crippen molar-refractivity contribution in [3.63, 3.8) is 0 Å². The third kappa shape index (κ3) is 5.07. The van der Waals surface area contributed by atoms with Crippen molar-refractivity contribution in [2.75, 3.05) is 0 Å². The molecule has 0 N–H and O–H groups in total. The van der Waals surface area contributed by atoms with Gasteiger partial charge in [-0.3, -0.25) is 0 Å². The molecule has 0 aliphatic heterocycles. The van der Waals surface area contributed by atoms with Crippen molar-refractivity contribution < 1.29 is 9.53 Å². The molecular weight excluding hydrogens is 260 g/mol. The van der Waals surface area contributed by atoms with Crippen LogP contribution in [0.4, 0.5) is 0 Å². The molecule has 0 atom stereocenters. The molecule has 1 rings (SSSR count). The van der Waals surface area contributed by atoms with Crippen LogP contribution in [0.5, 0.6) is 0 Å². The Hall–Kier alpha value is -1.28. The Bertz CT molecular complexity index is 482. The Kier molecular flexibility index (Phi) is 5.19. The van der Waals surface area contributed by atoms with Gasteiger partial charge in [0.2, 0.25) is 0 Å². The summed E-state index contributed by atoms with van der Waals surface area (Å²) in [5.74, 6) is -0.0147. The van der Waals surface area contributed by atoms with Crippen LogP contribution in [0, 0.1) is 0 Å². The number of benzene rings is 1. The third-order valence-electron chi connectivity index (χ3n) is 2.50. The Morgan fingerprint density at radius 2 is 1.95 bits per heavy atom. The summed E-state index contributed by atoms with van der Waals surface area (Å²) in [6.45, 7) is 9.71. The Labute approximate surface area is 120 Å². The van der Waals surface area contributed by atoms with Gasteiger partial charge < -0.3 is 4.74 Å². The van der Waals surface area contributed by atoms with Gasteiger partial charge >= 0.3 is 5.97 Å². The smallest absolute Gasteiger partial charge is 0.331 e. The molecule has 3 heteroatoms. The minimum Gasteiger partial charge on any atom is -0.457 e. The number of carbonyl (C=O) groups is 1. The number of hydrogen-bond donors (Lipinski definition) is 0. The number of ether oxygens (including phenoxy) is 1. The van der Waals surface area contributed by atoms with E-state index in [-0.39, 0.29) is 5.97 Å². The van der Waals surface area contributed by atoms with Crippen molar-refractivity contribution in [1.29, 1.82) is 0 Å². The van der Waals surface area contributed by atoms with Crippen LogP contribution in [0.3, 0.4) is 0 Å². The first-order valence-corrected chi connectivity index (χ1v) is 6.78. The van der Waals surface area contributed by atoms with E-state index >= 15 is 0 Å². The average molecular weight is 281 g/mol. The van der Waals surface area contributed by atoms with Crippen molar-refractivity contribution in [3.8, 4) is 0 Å². The van der Waals surface area contributed by atoms with Crippen LogP contribution in [0.1, 0.15) is 51.7 Å². The van der Waals surface area contributed by atoms with E-state index in [0.29, 0.717) is 10.9 Å². The molecule has 0 amide bonds. The fourth-order valence-corrected chi connectivity index (χ4v) is 1.97. The van der Waals surface area contributed by atoms with Gasteiger partial charge in [0.05, 0.1) is 0 Å². The highest BCUT2D eigenvalue weighted by atomic mass is 35.5. The van der Waals surface area contributed by atoms with Crippen molar-refractivity contribution in [1.82, 2.24) is 0 Å². The number of esters is 1. The molecule has 0 aromatic heterocycles. The van der Waals surface area contributed by atoms with Crippen LogP contribution < -0.4 is 0 Å². The highest BCUT2D eigenvalue weighted by Crippen LogP contribution is 2.27. The molecule has 0 bridgehead atoms. The van der Waals surface area contributed by atoms with Crippen LogP contribution in [0.15, 0.2) is 24.3 Å². The van der Waals surface area contributed by atoms with E-state index in [9.17, 15) is 4.79 Å². The lowest BCUT2D eigenvalue weighted by atomic mass is 9.97. The summed E-state index contributed by atoms with van der Waals surface area (Å²) in [5, 5.41) is 0.644. The van der Waals surface area contributed by atoms with Gasteiger partial charge in [-0.15, -0.1) is 0 Å². The SMILES string of the molecule is CC(C)c1cccc(Cl)c1/C=C/C(=O)OC(C)(C)C. The highest BCUT2D eigenvalue weighted by molar-refractivity contribution is 6.32. The lowest BCUT2D eigenvalue weighted by Gasteiger charge is -2.18. The first-order valence-electron chi connectivity index (χ1n) is 6.40. The van der Waals surface area contributed by atoms with Gasteiger partial charge in [-0.05, 0) is 50.0 Å². The first-order chi connectivity index (χ1) is 8.70. The summed E-state index contributed by atoms with van der Waals surface area (Å²) >= 11 is 6.19. The van der Waals surface area contributed by atoms with E-state index in [4.69, 9.17) is 16.3 Å². The monoisotopic (exact) mass is 280 g/mol. The van der Waals surface area contributed by atoms with Crippen LogP contribution >= 0.6 is 11.6 Å². The predicted octanol–water partition coefficient (Wildman–Crippen LogP) is 4.82. The normalized spacial score (nSPS) is 12.2. The lowest BCUT2D eigenvalue weighted by molar-refractivity contribution is -0.148. The van der Waals surface area contributed by atoms with Gasteiger partial charge in [0, 0.05) is 11.1 Å². The van der Waals surface area contributed by atoms with Crippen LogP contribution in [-0.4, -0.2) is 11.6 Å². The van der Waals surface area contributed by atoms with E-state index < -0.39 is 5.60 Å². The summed E-state index contributed by atoms with van der Waals surface area (Å²) in [6, 6.07) is 5.76. The molecule has 1 aromatic carbocycles. The second kappa shape index (κ2) is 6.25. The standard InChI is InChI=1S/C16H21ClO2/c1-11(2)12-7-6-8-14(17)13(12)9-10-15(18)19-16(3,4)5/h6-11H,1-5H3/b10-9+. The van der Waals surface area contributed by atoms with Crippen LogP contribution in [-0.2, 0) is 9.53 Å². The molecule has 0 fully saturated rings. The molecule has 0 saturated carbocycles. The zero-order valence-electron chi connectivity index (χ0n) is 12.2. The van der Waals surface area contributed by atoms with Crippen molar-refractivity contribution in [2.24, 2.45) is 0 Å². The van der Waals surface area contributed by atoms with Gasteiger partial charge in [-0.2, -0.15) is 0 Å². The molecule has 2 nitrogen and oxygen atoms in total. The largest absolute Gasteiger partial charge is 0.457 e. The maximum absolute atomic E-state index is 11.7. The second-order valence-electron chi connectivity index (χ2n) is 5.76. The zero-order chi connectivity index (χ0) is 14.6. The van der Waals surface area contributed by atoms with Gasteiger partial charge in [0.1, 0.15) is 5.60 Å². The lowest BCUT2D eigenvalue weighted by Crippen LogP contribution is -2.22. The summed E-state index contributed by atoms with van der Waals surface area (Å²) in [4.78, 5) is 11.7. The fourth-order valence-electron chi connectivity index (χ4n) is 1.72. The Morgan fingerprint density at radius 1 is 1.32 bits per heavy atom. The summed E-state index contributed by atoms with van der Waals surface area (Å²) in [5.41, 5.74) is 1.51. The fraction of sp³-hybridized carbons (Fsp3) is 0.438. The highest BCUT2D eigenvalue weighted by Gasteiger charge is 2.14.